The highest BCUT2D eigenvalue weighted by atomic mass is 79.9. The molecule has 0 aromatic carbocycles. The van der Waals surface area contributed by atoms with E-state index in [0.717, 1.165) is 58.4 Å². The van der Waals surface area contributed by atoms with Gasteiger partial charge in [-0.05, 0) is 160 Å². The molecule has 0 aliphatic carbocycles. The lowest BCUT2D eigenvalue weighted by atomic mass is 10.2. The van der Waals surface area contributed by atoms with Crippen LogP contribution in [0.3, 0.4) is 0 Å². The predicted molar refractivity (Wildman–Crippen MR) is 358 cm³/mol. The molecule has 0 saturated heterocycles. The maximum absolute atomic E-state index is 11.3. The van der Waals surface area contributed by atoms with Gasteiger partial charge in [-0.15, -0.1) is 113 Å². The Kier molecular flexibility index (Phi) is 30.2. The Bertz CT molecular complexity index is 3500. The number of carbonyl (C=O) groups is 5. The molecular formula is C58H52Br2O7S11. The fraction of sp³-hybridized carbons (Fsp3) is 0.0862. The van der Waals surface area contributed by atoms with Gasteiger partial charge in [0.25, 0.3) is 0 Å². The van der Waals surface area contributed by atoms with Crippen LogP contribution in [0.15, 0.2) is 166 Å². The molecule has 1 N–H and O–H groups in total. The largest absolute Gasteiger partial charge is 0.478 e. The molecule has 11 rings (SSSR count). The smallest absolute Gasteiger partial charge is 0.330 e. The Morgan fingerprint density at radius 3 is 1.13 bits per heavy atom. The monoisotopic (exact) mass is 1370 g/mol. The highest BCUT2D eigenvalue weighted by Gasteiger charge is 2.15. The van der Waals surface area contributed by atoms with Gasteiger partial charge in [0.05, 0.1) is 29.3 Å². The van der Waals surface area contributed by atoms with Gasteiger partial charge in [0.2, 0.25) is 0 Å². The summed E-state index contributed by atoms with van der Waals surface area (Å²) < 4.78 is 6.51. The van der Waals surface area contributed by atoms with Gasteiger partial charge in [-0.2, -0.15) is 11.3 Å². The summed E-state index contributed by atoms with van der Waals surface area (Å²) in [7, 11) is 1.39. The second-order valence-corrected chi connectivity index (χ2v) is 27.6. The SMILES string of the molecule is C.C.C.C.COC(=O)/C=C/c1cc(-c2cccs2)sc1-c1cccs1.O=C(O)/C=C/c1cc(-c2cccs2)sc1-c1cccs1.O=Cc1cc(-c2cccs2)sc1-c1cccs1.O=Cc1cc(Br)sc1Br.O=Cc1ccsc1. The van der Waals surface area contributed by atoms with Gasteiger partial charge < -0.3 is 9.84 Å². The third-order valence-corrected chi connectivity index (χ3v) is 22.3. The second kappa shape index (κ2) is 35.0. The predicted octanol–water partition coefficient (Wildman–Crippen LogP) is 22.9. The summed E-state index contributed by atoms with van der Waals surface area (Å²) in [6, 6.07) is 34.4. The fourth-order valence-corrected chi connectivity index (χ4v) is 18.0. The molecule has 0 fully saturated rings. The Labute approximate surface area is 516 Å². The van der Waals surface area contributed by atoms with Gasteiger partial charge in [-0.25, -0.2) is 9.59 Å². The Balaban J connectivity index is 0.000000265. The topological polar surface area (TPSA) is 115 Å². The lowest BCUT2D eigenvalue weighted by Gasteiger charge is -1.95. The average molecular weight is 1370 g/mol. The van der Waals surface area contributed by atoms with Crippen LogP contribution in [0.5, 0.6) is 0 Å². The fourth-order valence-electron chi connectivity index (χ4n) is 6.13. The minimum atomic E-state index is -0.925. The van der Waals surface area contributed by atoms with Crippen LogP contribution < -0.4 is 0 Å². The lowest BCUT2D eigenvalue weighted by molar-refractivity contribution is -0.135. The minimum Gasteiger partial charge on any atom is -0.478 e. The van der Waals surface area contributed by atoms with Crippen LogP contribution in [0.2, 0.25) is 0 Å². The summed E-state index contributed by atoms with van der Waals surface area (Å²) in [5, 5.41) is 24.8. The number of hydrogen-bond acceptors (Lipinski definition) is 17. The van der Waals surface area contributed by atoms with Gasteiger partial charge in [-0.3, -0.25) is 14.4 Å². The molecule has 0 unspecified atom stereocenters. The average Bonchev–Trinajstić information content (AvgIpc) is 4.27. The van der Waals surface area contributed by atoms with E-state index >= 15 is 0 Å². The highest BCUT2D eigenvalue weighted by Crippen LogP contribution is 2.44. The van der Waals surface area contributed by atoms with E-state index in [0.29, 0.717) is 5.56 Å². The van der Waals surface area contributed by atoms with E-state index in [9.17, 15) is 24.0 Å². The number of rotatable bonds is 13. The van der Waals surface area contributed by atoms with Crippen LogP contribution in [0, 0.1) is 0 Å². The third kappa shape index (κ3) is 19.4. The molecule has 0 atom stereocenters. The van der Waals surface area contributed by atoms with E-state index in [-0.39, 0.29) is 35.7 Å². The first kappa shape index (κ1) is 67.4. The van der Waals surface area contributed by atoms with Crippen LogP contribution in [0.4, 0.5) is 0 Å². The Morgan fingerprint density at radius 1 is 0.462 bits per heavy atom. The van der Waals surface area contributed by atoms with Crippen molar-refractivity contribution >= 4 is 200 Å². The van der Waals surface area contributed by atoms with Crippen LogP contribution >= 0.6 is 157 Å². The number of thiophene rings is 11. The summed E-state index contributed by atoms with van der Waals surface area (Å²) in [4.78, 5) is 67.4. The molecule has 11 aromatic heterocycles. The van der Waals surface area contributed by atoms with Crippen molar-refractivity contribution in [2.24, 2.45) is 0 Å². The zero-order valence-corrected chi connectivity index (χ0v) is 50.3. The summed E-state index contributed by atoms with van der Waals surface area (Å²) in [6.07, 6.45) is 8.78. The van der Waals surface area contributed by atoms with E-state index in [4.69, 9.17) is 5.11 Å². The first-order valence-corrected chi connectivity index (χ1v) is 32.3. The van der Waals surface area contributed by atoms with Crippen molar-refractivity contribution in [3.8, 4) is 58.5 Å². The third-order valence-electron chi connectivity index (χ3n) is 9.43. The van der Waals surface area contributed by atoms with Crippen LogP contribution in [-0.2, 0) is 14.3 Å². The molecule has 0 saturated carbocycles. The molecule has 0 aliphatic rings. The van der Waals surface area contributed by atoms with Crippen molar-refractivity contribution in [2.75, 3.05) is 7.11 Å². The maximum atomic E-state index is 11.3. The van der Waals surface area contributed by atoms with Crippen LogP contribution in [0.25, 0.3) is 70.7 Å². The van der Waals surface area contributed by atoms with Gasteiger partial charge >= 0.3 is 11.9 Å². The van der Waals surface area contributed by atoms with E-state index in [1.54, 1.807) is 120 Å². The molecule has 0 spiro atoms. The van der Waals surface area contributed by atoms with E-state index in [1.807, 2.05) is 69.4 Å². The molecule has 11 heterocycles. The summed E-state index contributed by atoms with van der Waals surface area (Å²) in [6.45, 7) is 0. The number of carboxylic acids is 1. The van der Waals surface area contributed by atoms with Gasteiger partial charge in [0.15, 0.2) is 18.9 Å². The normalized spacial score (nSPS) is 10.0. The van der Waals surface area contributed by atoms with Crippen molar-refractivity contribution < 1.29 is 33.8 Å². The van der Waals surface area contributed by atoms with Crippen molar-refractivity contribution in [2.45, 2.75) is 29.7 Å². The van der Waals surface area contributed by atoms with Crippen molar-refractivity contribution in [3.63, 3.8) is 0 Å². The van der Waals surface area contributed by atoms with Gasteiger partial charge in [-0.1, -0.05) is 66.1 Å². The molecule has 0 bridgehead atoms. The number of ether oxygens (including phenoxy) is 1. The van der Waals surface area contributed by atoms with E-state index in [1.165, 1.54) is 90.7 Å². The van der Waals surface area contributed by atoms with Crippen molar-refractivity contribution in [3.05, 3.63) is 194 Å². The lowest BCUT2D eigenvalue weighted by Crippen LogP contribution is -1.93. The molecule has 7 nitrogen and oxygen atoms in total. The summed E-state index contributed by atoms with van der Waals surface area (Å²) in [5.41, 5.74) is 4.28. The number of methoxy groups -OCH3 is 1. The Morgan fingerprint density at radius 2 is 0.846 bits per heavy atom. The number of aliphatic carboxylic acids is 1. The first-order valence-electron chi connectivity index (χ1n) is 21.2. The molecule has 78 heavy (non-hydrogen) atoms. The van der Waals surface area contributed by atoms with Crippen LogP contribution in [-0.4, -0.2) is 43.0 Å². The molecule has 11 aromatic rings. The van der Waals surface area contributed by atoms with Gasteiger partial charge in [0.1, 0.15) is 0 Å². The molecule has 0 aliphatic heterocycles. The molecule has 0 radical (unpaired) electrons. The number of carbonyl (C=O) groups excluding carboxylic acids is 4. The molecular weight excluding hydrogens is 1320 g/mol. The summed E-state index contributed by atoms with van der Waals surface area (Å²) in [5.74, 6) is -1.26. The van der Waals surface area contributed by atoms with E-state index in [2.05, 4.69) is 107 Å². The number of esters is 1. The highest BCUT2D eigenvalue weighted by molar-refractivity contribution is 9.12. The number of carboxylic acid groups (broad SMARTS) is 1. The maximum Gasteiger partial charge on any atom is 0.330 e. The minimum absolute atomic E-state index is 0. The standard InChI is InChI=1S/C16H12O2S3.C15H10O2S3.C13H8OS3.C5H2Br2OS.C5H4OS.4CH4/c1-18-15(17)7-6-11-10-14(12-4-2-8-19-12)21-16(11)13-5-3-9-20-13;16-14(17)6-5-10-9-13(11-3-1-7-18-11)20-15(10)12-4-2-8-19-12;14-8-9-7-12(10-3-1-5-15-10)17-13(9)11-4-2-6-16-11;6-4-1-3(2-8)5(7)9-4;6-3-5-1-2-7-4-5;;;;/h2-10H,1H3;1-9H,(H,16,17);1-8H;1-2H;1-4H;4*1H4/b7-6+;6-5+;;;;;;;. The molecule has 406 valence electrons. The van der Waals surface area contributed by atoms with Crippen LogP contribution in [0.1, 0.15) is 71.9 Å². The van der Waals surface area contributed by atoms with Gasteiger partial charge in [0, 0.05) is 78.1 Å². The zero-order chi connectivity index (χ0) is 52.2. The van der Waals surface area contributed by atoms with E-state index < -0.39 is 5.97 Å². The number of hydrogen-bond donors (Lipinski definition) is 1. The molecule has 0 amide bonds. The number of aldehydes is 3. The first-order chi connectivity index (χ1) is 36.1. The Hall–Kier alpha value is -4.91. The quantitative estimate of drug-likeness (QED) is 0.0694. The zero-order valence-electron chi connectivity index (χ0n) is 38.1. The second-order valence-electron chi connectivity index (χ2n) is 14.3. The molecule has 20 heteroatoms. The van der Waals surface area contributed by atoms with Crippen molar-refractivity contribution in [1.82, 2.24) is 0 Å². The number of halogens is 2. The van der Waals surface area contributed by atoms with Crippen molar-refractivity contribution in [1.29, 1.82) is 0 Å². The summed E-state index contributed by atoms with van der Waals surface area (Å²) >= 11 is 24.8.